The van der Waals surface area contributed by atoms with Gasteiger partial charge in [0.2, 0.25) is 0 Å². The highest BCUT2D eigenvalue weighted by atomic mass is 16.5. The number of methoxy groups -OCH3 is 1. The van der Waals surface area contributed by atoms with Gasteiger partial charge in [-0.1, -0.05) is 12.1 Å². The lowest BCUT2D eigenvalue weighted by Crippen LogP contribution is -2.36. The van der Waals surface area contributed by atoms with Crippen molar-refractivity contribution in [2.24, 2.45) is 16.8 Å². The number of carbonyl (C=O) groups excluding carboxylic acids is 1. The molecule has 1 atom stereocenters. The van der Waals surface area contributed by atoms with Gasteiger partial charge in [0.05, 0.1) is 7.11 Å². The highest BCUT2D eigenvalue weighted by molar-refractivity contribution is 5.82. The second kappa shape index (κ2) is 5.23. The van der Waals surface area contributed by atoms with E-state index >= 15 is 0 Å². The van der Waals surface area contributed by atoms with Crippen molar-refractivity contribution in [3.8, 4) is 0 Å². The van der Waals surface area contributed by atoms with Gasteiger partial charge in [-0.05, 0) is 0 Å². The van der Waals surface area contributed by atoms with E-state index in [4.69, 9.17) is 10.9 Å². The Kier molecular flexibility index (Phi) is 4.64. The topological polar surface area (TPSA) is 88.2 Å². The lowest BCUT2D eigenvalue weighted by atomic mass is 10.1. The third-order valence-corrected chi connectivity index (χ3v) is 1.65. The number of amides is 1. The molecule has 1 unspecified atom stereocenters. The average Bonchev–Trinajstić information content (AvgIpc) is 2.14. The molecule has 0 saturated carbocycles. The van der Waals surface area contributed by atoms with Gasteiger partial charge in [0.25, 0.3) is 0 Å². The molecule has 0 aliphatic rings. The lowest BCUT2D eigenvalue weighted by molar-refractivity contribution is 0.131. The SMILES string of the molecule is COC(=O)N(C)CC(C)C(N)=NO. The molecule has 1 amide bonds. The van der Waals surface area contributed by atoms with E-state index < -0.39 is 6.09 Å². The van der Waals surface area contributed by atoms with Gasteiger partial charge in [0, 0.05) is 19.5 Å². The molecule has 0 bridgehead atoms. The summed E-state index contributed by atoms with van der Waals surface area (Å²) < 4.78 is 4.47. The van der Waals surface area contributed by atoms with Gasteiger partial charge < -0.3 is 20.6 Å². The summed E-state index contributed by atoms with van der Waals surface area (Å²) in [6.45, 7) is 2.09. The van der Waals surface area contributed by atoms with Crippen LogP contribution in [-0.4, -0.2) is 42.7 Å². The maximum Gasteiger partial charge on any atom is 0.409 e. The van der Waals surface area contributed by atoms with E-state index in [0.29, 0.717) is 6.54 Å². The second-order valence-electron chi connectivity index (χ2n) is 2.78. The van der Waals surface area contributed by atoms with Gasteiger partial charge in [-0.25, -0.2) is 4.79 Å². The number of hydrogen-bond donors (Lipinski definition) is 2. The zero-order valence-corrected chi connectivity index (χ0v) is 8.02. The molecule has 0 aliphatic heterocycles. The van der Waals surface area contributed by atoms with Crippen LogP contribution < -0.4 is 5.73 Å². The van der Waals surface area contributed by atoms with Crippen molar-refractivity contribution in [2.45, 2.75) is 6.92 Å². The van der Waals surface area contributed by atoms with Crippen LogP contribution in [-0.2, 0) is 4.74 Å². The van der Waals surface area contributed by atoms with Gasteiger partial charge >= 0.3 is 6.09 Å². The molecular formula is C7H15N3O3. The predicted molar refractivity (Wildman–Crippen MR) is 47.6 cm³/mol. The molecule has 0 radical (unpaired) electrons. The first-order valence-electron chi connectivity index (χ1n) is 3.79. The van der Waals surface area contributed by atoms with Crippen molar-refractivity contribution in [3.63, 3.8) is 0 Å². The number of carbonyl (C=O) groups is 1. The van der Waals surface area contributed by atoms with Gasteiger partial charge in [0.1, 0.15) is 5.84 Å². The fourth-order valence-electron chi connectivity index (χ4n) is 0.833. The maximum absolute atomic E-state index is 10.9. The van der Waals surface area contributed by atoms with Crippen LogP contribution in [0.4, 0.5) is 4.79 Å². The third-order valence-electron chi connectivity index (χ3n) is 1.65. The molecule has 0 aromatic heterocycles. The molecule has 6 heteroatoms. The first kappa shape index (κ1) is 11.5. The average molecular weight is 189 g/mol. The normalized spacial score (nSPS) is 13.6. The maximum atomic E-state index is 10.9. The van der Waals surface area contributed by atoms with Crippen LogP contribution in [0.2, 0.25) is 0 Å². The van der Waals surface area contributed by atoms with Crippen molar-refractivity contribution < 1.29 is 14.7 Å². The van der Waals surface area contributed by atoms with E-state index in [2.05, 4.69) is 9.89 Å². The molecule has 0 aromatic carbocycles. The first-order chi connectivity index (χ1) is 6.02. The van der Waals surface area contributed by atoms with Crippen LogP contribution in [0.1, 0.15) is 6.92 Å². The number of oxime groups is 1. The molecule has 0 aromatic rings. The summed E-state index contributed by atoms with van der Waals surface area (Å²) in [7, 11) is 2.87. The molecule has 13 heavy (non-hydrogen) atoms. The van der Waals surface area contributed by atoms with Crippen LogP contribution in [0.25, 0.3) is 0 Å². The smallest absolute Gasteiger partial charge is 0.409 e. The van der Waals surface area contributed by atoms with E-state index in [1.807, 2.05) is 0 Å². The Morgan fingerprint density at radius 2 is 2.31 bits per heavy atom. The Bertz CT molecular complexity index is 205. The molecule has 6 nitrogen and oxygen atoms in total. The van der Waals surface area contributed by atoms with E-state index in [-0.39, 0.29) is 11.8 Å². The Morgan fingerprint density at radius 1 is 1.77 bits per heavy atom. The number of amidine groups is 1. The van der Waals surface area contributed by atoms with E-state index in [1.54, 1.807) is 14.0 Å². The Morgan fingerprint density at radius 3 is 2.69 bits per heavy atom. The van der Waals surface area contributed by atoms with Crippen LogP contribution >= 0.6 is 0 Å². The number of hydrogen-bond acceptors (Lipinski definition) is 4. The highest BCUT2D eigenvalue weighted by Crippen LogP contribution is 1.99. The largest absolute Gasteiger partial charge is 0.453 e. The standard InChI is InChI=1S/C7H15N3O3/c1-5(6(8)9-12)4-10(2)7(11)13-3/h5,12H,4H2,1-3H3,(H2,8,9). The van der Waals surface area contributed by atoms with Crippen LogP contribution in [0.3, 0.4) is 0 Å². The van der Waals surface area contributed by atoms with Gasteiger partial charge in [0.15, 0.2) is 0 Å². The van der Waals surface area contributed by atoms with E-state index in [9.17, 15) is 4.79 Å². The number of nitrogens with zero attached hydrogens (tertiary/aromatic N) is 2. The Labute approximate surface area is 76.9 Å². The minimum absolute atomic E-state index is 0.0933. The molecule has 0 aliphatic carbocycles. The van der Waals surface area contributed by atoms with Crippen molar-refractivity contribution in [1.82, 2.24) is 4.90 Å². The van der Waals surface area contributed by atoms with Crippen LogP contribution in [0, 0.1) is 5.92 Å². The fourth-order valence-corrected chi connectivity index (χ4v) is 0.833. The van der Waals surface area contributed by atoms with Crippen LogP contribution in [0.15, 0.2) is 5.16 Å². The van der Waals surface area contributed by atoms with Crippen molar-refractivity contribution in [3.05, 3.63) is 0 Å². The number of nitrogens with two attached hydrogens (primary N) is 1. The molecule has 0 fully saturated rings. The van der Waals surface area contributed by atoms with Gasteiger partial charge in [-0.15, -0.1) is 0 Å². The monoisotopic (exact) mass is 189 g/mol. The lowest BCUT2D eigenvalue weighted by Gasteiger charge is -2.18. The molecule has 76 valence electrons. The fraction of sp³-hybridized carbons (Fsp3) is 0.714. The minimum atomic E-state index is -0.447. The van der Waals surface area contributed by atoms with Gasteiger partial charge in [-0.3, -0.25) is 0 Å². The first-order valence-corrected chi connectivity index (χ1v) is 3.79. The summed E-state index contributed by atoms with van der Waals surface area (Å²) in [6, 6.07) is 0. The Balaban J connectivity index is 4.06. The molecule has 0 spiro atoms. The van der Waals surface area contributed by atoms with Gasteiger partial charge in [-0.2, -0.15) is 0 Å². The molecule has 3 N–H and O–H groups in total. The van der Waals surface area contributed by atoms with Crippen molar-refractivity contribution in [2.75, 3.05) is 20.7 Å². The number of rotatable bonds is 3. The minimum Gasteiger partial charge on any atom is -0.453 e. The molecule has 0 heterocycles. The van der Waals surface area contributed by atoms with E-state index in [0.717, 1.165) is 0 Å². The van der Waals surface area contributed by atoms with Crippen molar-refractivity contribution >= 4 is 11.9 Å². The summed E-state index contributed by atoms with van der Waals surface area (Å²) in [4.78, 5) is 12.3. The predicted octanol–water partition coefficient (Wildman–Crippen LogP) is 0.0671. The summed E-state index contributed by atoms with van der Waals surface area (Å²) in [6.07, 6.45) is -0.447. The molecular weight excluding hydrogens is 174 g/mol. The summed E-state index contributed by atoms with van der Waals surface area (Å²) in [5.41, 5.74) is 5.33. The van der Waals surface area contributed by atoms with E-state index in [1.165, 1.54) is 12.0 Å². The number of ether oxygens (including phenoxy) is 1. The summed E-state index contributed by atoms with van der Waals surface area (Å²) >= 11 is 0. The molecule has 0 saturated heterocycles. The quantitative estimate of drug-likeness (QED) is 0.284. The zero-order chi connectivity index (χ0) is 10.4. The highest BCUT2D eigenvalue weighted by Gasteiger charge is 2.14. The summed E-state index contributed by atoms with van der Waals surface area (Å²) in [5, 5.41) is 11.2. The second-order valence-corrected chi connectivity index (χ2v) is 2.78. The summed E-state index contributed by atoms with van der Waals surface area (Å²) in [5.74, 6) is -0.107. The third kappa shape index (κ3) is 3.64. The Hall–Kier alpha value is -1.46. The van der Waals surface area contributed by atoms with Crippen molar-refractivity contribution in [1.29, 1.82) is 0 Å². The molecule has 0 rings (SSSR count). The zero-order valence-electron chi connectivity index (χ0n) is 8.02. The van der Waals surface area contributed by atoms with Crippen LogP contribution in [0.5, 0.6) is 0 Å².